The Morgan fingerprint density at radius 2 is 1.72 bits per heavy atom. The third-order valence-electron chi connectivity index (χ3n) is 4.40. The molecule has 5 heteroatoms. The second-order valence-corrected chi connectivity index (χ2v) is 6.85. The van der Waals surface area contributed by atoms with Crippen molar-refractivity contribution in [2.24, 2.45) is 0 Å². The molecule has 1 heterocycles. The molecule has 2 rings (SSSR count). The first-order valence-electron chi connectivity index (χ1n) is 11.0. The van der Waals surface area contributed by atoms with Gasteiger partial charge in [0.2, 0.25) is 0 Å². The van der Waals surface area contributed by atoms with E-state index < -0.39 is 0 Å². The van der Waals surface area contributed by atoms with Gasteiger partial charge in [-0.2, -0.15) is 5.10 Å². The van der Waals surface area contributed by atoms with Crippen LogP contribution >= 0.6 is 0 Å². The van der Waals surface area contributed by atoms with E-state index in [1.807, 2.05) is 32.4 Å². The molecule has 0 saturated carbocycles. The molecule has 0 unspecified atom stereocenters. The van der Waals surface area contributed by atoms with E-state index in [-0.39, 0.29) is 0 Å². The fraction of sp³-hybridized carbons (Fsp3) is 0.583. The van der Waals surface area contributed by atoms with Gasteiger partial charge in [-0.15, -0.1) is 0 Å². The van der Waals surface area contributed by atoms with Crippen molar-refractivity contribution in [1.82, 2.24) is 19.7 Å². The maximum absolute atomic E-state index is 4.44. The van der Waals surface area contributed by atoms with E-state index in [4.69, 9.17) is 0 Å². The summed E-state index contributed by atoms with van der Waals surface area (Å²) in [5.74, 6) is 0.791. The molecule has 0 aliphatic heterocycles. The average Bonchev–Trinajstić information content (AvgIpc) is 3.16. The Kier molecular flexibility index (Phi) is 13.5. The first-order chi connectivity index (χ1) is 13.9. The van der Waals surface area contributed by atoms with E-state index >= 15 is 0 Å². The molecule has 0 amide bonds. The van der Waals surface area contributed by atoms with Crippen LogP contribution in [-0.2, 0) is 6.42 Å². The Morgan fingerprint density at radius 1 is 1.10 bits per heavy atom. The van der Waals surface area contributed by atoms with Gasteiger partial charge in [0.05, 0.1) is 5.69 Å². The molecule has 0 spiro atoms. The van der Waals surface area contributed by atoms with Crippen LogP contribution in [0, 0.1) is 6.92 Å². The number of nitrogens with zero attached hydrogens (tertiary/aromatic N) is 5. The minimum atomic E-state index is 0.791. The molecule has 0 radical (unpaired) electrons. The lowest BCUT2D eigenvalue weighted by atomic mass is 10.1. The highest BCUT2D eigenvalue weighted by molar-refractivity contribution is 5.55. The summed E-state index contributed by atoms with van der Waals surface area (Å²) in [4.78, 5) is 8.82. The highest BCUT2D eigenvalue weighted by Crippen LogP contribution is 2.23. The summed E-state index contributed by atoms with van der Waals surface area (Å²) in [5.41, 5.74) is 4.74. The van der Waals surface area contributed by atoms with Crippen molar-refractivity contribution in [2.45, 2.75) is 68.2 Å². The van der Waals surface area contributed by atoms with Crippen molar-refractivity contribution < 1.29 is 0 Å². The van der Waals surface area contributed by atoms with E-state index in [0.717, 1.165) is 43.3 Å². The molecule has 0 saturated heterocycles. The first-order valence-corrected chi connectivity index (χ1v) is 11.0. The maximum Gasteiger partial charge on any atom is 0.147 e. The predicted octanol–water partition coefficient (Wildman–Crippen LogP) is 5.87. The van der Waals surface area contributed by atoms with E-state index in [2.05, 4.69) is 79.4 Å². The molecule has 0 atom stereocenters. The van der Waals surface area contributed by atoms with Crippen LogP contribution in [-0.4, -0.2) is 46.3 Å². The summed E-state index contributed by atoms with van der Waals surface area (Å²) >= 11 is 0. The monoisotopic (exact) mass is 401 g/mol. The van der Waals surface area contributed by atoms with Crippen LogP contribution in [0.3, 0.4) is 0 Å². The van der Waals surface area contributed by atoms with Gasteiger partial charge in [-0.05, 0) is 51.0 Å². The van der Waals surface area contributed by atoms with Crippen LogP contribution in [0.4, 0.5) is 5.69 Å². The molecular weight excluding hydrogens is 358 g/mol. The zero-order chi connectivity index (χ0) is 22.4. The van der Waals surface area contributed by atoms with Crippen molar-refractivity contribution in [2.75, 3.05) is 31.6 Å². The molecular formula is C24H43N5. The Balaban J connectivity index is 0.00000143. The van der Waals surface area contributed by atoms with Gasteiger partial charge in [-0.1, -0.05) is 47.6 Å². The van der Waals surface area contributed by atoms with Crippen LogP contribution in [0.5, 0.6) is 0 Å². The summed E-state index contributed by atoms with van der Waals surface area (Å²) in [6.07, 6.45) is 3.99. The minimum absolute atomic E-state index is 0.791. The Hall–Kier alpha value is -2.30. The third kappa shape index (κ3) is 8.71. The Morgan fingerprint density at radius 3 is 2.17 bits per heavy atom. The molecule has 0 N–H and O–H groups in total. The molecule has 1 aromatic heterocycles. The molecule has 0 fully saturated rings. The summed E-state index contributed by atoms with van der Waals surface area (Å²) < 4.78 is 1.86. The molecule has 1 aromatic carbocycles. The second-order valence-electron chi connectivity index (χ2n) is 6.85. The van der Waals surface area contributed by atoms with Crippen molar-refractivity contribution in [3.63, 3.8) is 0 Å². The summed E-state index contributed by atoms with van der Waals surface area (Å²) in [5, 5.41) is 4.44. The fourth-order valence-corrected chi connectivity index (χ4v) is 2.67. The number of hydrogen-bond acceptors (Lipinski definition) is 4. The fourth-order valence-electron chi connectivity index (χ4n) is 2.67. The Bertz CT molecular complexity index is 705. The van der Waals surface area contributed by atoms with Gasteiger partial charge in [0.15, 0.2) is 0 Å². The lowest BCUT2D eigenvalue weighted by molar-refractivity contribution is 0.425. The van der Waals surface area contributed by atoms with Gasteiger partial charge in [-0.25, -0.2) is 9.67 Å². The highest BCUT2D eigenvalue weighted by atomic mass is 15.3. The zero-order valence-corrected chi connectivity index (χ0v) is 20.3. The number of likely N-dealkylation sites (N-methyl/N-ethyl adjacent to an activating group) is 2. The average molecular weight is 402 g/mol. The minimum Gasteiger partial charge on any atom is -0.377 e. The normalized spacial score (nSPS) is 9.69. The van der Waals surface area contributed by atoms with Crippen LogP contribution in [0.25, 0.3) is 5.69 Å². The molecule has 164 valence electrons. The number of rotatable bonds is 8. The van der Waals surface area contributed by atoms with E-state index in [0.29, 0.717) is 0 Å². The molecule has 0 aliphatic carbocycles. The Labute approximate surface area is 179 Å². The lowest BCUT2D eigenvalue weighted by Crippen LogP contribution is -2.32. The predicted molar refractivity (Wildman–Crippen MR) is 128 cm³/mol. The number of anilines is 1. The van der Waals surface area contributed by atoms with Crippen LogP contribution in [0.1, 0.15) is 66.3 Å². The van der Waals surface area contributed by atoms with Gasteiger partial charge < -0.3 is 9.80 Å². The van der Waals surface area contributed by atoms with Crippen LogP contribution in [0.15, 0.2) is 36.8 Å². The second kappa shape index (κ2) is 14.7. The summed E-state index contributed by atoms with van der Waals surface area (Å²) in [6.45, 7) is 23.5. The van der Waals surface area contributed by atoms with E-state index in [9.17, 15) is 0 Å². The first kappa shape index (κ1) is 26.7. The van der Waals surface area contributed by atoms with Gasteiger partial charge in [-0.3, -0.25) is 0 Å². The summed E-state index contributed by atoms with van der Waals surface area (Å²) in [7, 11) is 2.09. The lowest BCUT2D eigenvalue weighted by Gasteiger charge is -2.28. The largest absolute Gasteiger partial charge is 0.377 e. The summed E-state index contributed by atoms with van der Waals surface area (Å²) in [6, 6.07) is 6.60. The molecule has 0 bridgehead atoms. The van der Waals surface area contributed by atoms with Gasteiger partial charge in [0, 0.05) is 38.1 Å². The van der Waals surface area contributed by atoms with Crippen molar-refractivity contribution >= 4 is 5.69 Å². The number of allylic oxidation sites excluding steroid dienone is 1. The molecule has 5 nitrogen and oxygen atoms in total. The third-order valence-corrected chi connectivity index (χ3v) is 4.40. The topological polar surface area (TPSA) is 37.2 Å². The van der Waals surface area contributed by atoms with Crippen molar-refractivity contribution in [1.29, 1.82) is 0 Å². The van der Waals surface area contributed by atoms with Crippen molar-refractivity contribution in [3.8, 4) is 5.69 Å². The number of aryl methyl sites for hydroxylation is 2. The van der Waals surface area contributed by atoms with Crippen LogP contribution < -0.4 is 4.90 Å². The maximum atomic E-state index is 4.44. The highest BCUT2D eigenvalue weighted by Gasteiger charge is 2.11. The van der Waals surface area contributed by atoms with Crippen molar-refractivity contribution in [3.05, 3.63) is 48.2 Å². The molecule has 2 aromatic rings. The van der Waals surface area contributed by atoms with Gasteiger partial charge in [0.25, 0.3) is 0 Å². The molecule has 29 heavy (non-hydrogen) atoms. The quantitative estimate of drug-likeness (QED) is 0.554. The van der Waals surface area contributed by atoms with E-state index in [1.165, 1.54) is 17.7 Å². The van der Waals surface area contributed by atoms with Gasteiger partial charge >= 0.3 is 0 Å². The standard InChI is InChI=1S/C19H29N5.C3H8.C2H6/c1-7-17-13-18(23(8-2)12-11-22(6)15(3)4)9-10-19(17)24-14-20-16(5)21-24;1-3-2;1-2/h9-10,13-14H,3,7-8,11-12H2,1-2,4-6H3;3H2,1-2H3;1-2H3. The number of benzene rings is 1. The van der Waals surface area contributed by atoms with Gasteiger partial charge in [0.1, 0.15) is 12.2 Å². The number of aromatic nitrogens is 3. The zero-order valence-electron chi connectivity index (χ0n) is 20.3. The van der Waals surface area contributed by atoms with E-state index in [1.54, 1.807) is 6.33 Å². The molecule has 0 aliphatic rings. The SMILES string of the molecule is C=C(C)N(C)CCN(CC)c1ccc(-n2cnc(C)n2)c(CC)c1.CC.CCC. The number of hydrogen-bond donors (Lipinski definition) is 0. The van der Waals surface area contributed by atoms with Crippen LogP contribution in [0.2, 0.25) is 0 Å². The smallest absolute Gasteiger partial charge is 0.147 e.